The summed E-state index contributed by atoms with van der Waals surface area (Å²) >= 11 is 0. The van der Waals surface area contributed by atoms with Gasteiger partial charge in [0, 0.05) is 29.2 Å². The first-order chi connectivity index (χ1) is 14.6. The summed E-state index contributed by atoms with van der Waals surface area (Å²) in [6.07, 6.45) is 8.97. The number of nitrogens with one attached hydrogen (secondary N) is 1. The Kier molecular flexibility index (Phi) is 5.86. The number of likely N-dealkylation sites (tertiary alicyclic amines) is 1. The van der Waals surface area contributed by atoms with Gasteiger partial charge < -0.3 is 15.6 Å². The van der Waals surface area contributed by atoms with Gasteiger partial charge in [0.25, 0.3) is 0 Å². The number of aromatic nitrogens is 4. The van der Waals surface area contributed by atoms with Crippen LogP contribution < -0.4 is 5.73 Å². The molecule has 0 radical (unpaired) electrons. The van der Waals surface area contributed by atoms with E-state index in [2.05, 4.69) is 57.2 Å². The summed E-state index contributed by atoms with van der Waals surface area (Å²) in [5, 5.41) is 1.17. The van der Waals surface area contributed by atoms with Crippen molar-refractivity contribution in [2.24, 2.45) is 0 Å². The van der Waals surface area contributed by atoms with Crippen molar-refractivity contribution in [2.45, 2.75) is 32.1 Å². The van der Waals surface area contributed by atoms with E-state index in [0.717, 1.165) is 54.2 Å². The van der Waals surface area contributed by atoms with E-state index in [1.165, 1.54) is 11.8 Å². The predicted octanol–water partition coefficient (Wildman–Crippen LogP) is 4.85. The number of imidazole rings is 1. The maximum atomic E-state index is 6.29. The lowest BCUT2D eigenvalue weighted by Gasteiger charge is -2.14. The number of fused-ring (bicyclic) bond motifs is 2. The molecule has 5 rings (SSSR count). The van der Waals surface area contributed by atoms with Crippen molar-refractivity contribution >= 4 is 22.2 Å². The van der Waals surface area contributed by atoms with Crippen LogP contribution in [0.3, 0.4) is 0 Å². The molecular weight excluding hydrogens is 372 g/mol. The van der Waals surface area contributed by atoms with E-state index >= 15 is 0 Å². The van der Waals surface area contributed by atoms with Crippen LogP contribution in [-0.4, -0.2) is 44.4 Å². The monoisotopic (exact) mass is 402 g/mol. The smallest absolute Gasteiger partial charge is 0.150 e. The van der Waals surface area contributed by atoms with E-state index in [0.29, 0.717) is 11.7 Å². The van der Waals surface area contributed by atoms with Gasteiger partial charge in [0.2, 0.25) is 0 Å². The molecule has 0 aliphatic carbocycles. The lowest BCUT2D eigenvalue weighted by atomic mass is 10.00. The number of para-hydroxylation sites is 1. The van der Waals surface area contributed by atoms with E-state index in [9.17, 15) is 0 Å². The van der Waals surface area contributed by atoms with Gasteiger partial charge in [-0.15, -0.1) is 6.58 Å². The molecular formula is C24H30N6. The highest BCUT2D eigenvalue weighted by atomic mass is 15.1. The van der Waals surface area contributed by atoms with Crippen LogP contribution in [0.5, 0.6) is 0 Å². The maximum absolute atomic E-state index is 6.29. The van der Waals surface area contributed by atoms with Crippen molar-refractivity contribution in [1.29, 1.82) is 0 Å². The molecule has 6 heteroatoms. The molecule has 0 saturated carbocycles. The number of allylic oxidation sites excluding steroid dienone is 1. The zero-order valence-electron chi connectivity index (χ0n) is 17.8. The lowest BCUT2D eigenvalue weighted by Crippen LogP contribution is -2.18. The Labute approximate surface area is 177 Å². The number of nitrogens with two attached hydrogens (primary N) is 1. The minimum atomic E-state index is 0.433. The molecule has 4 heterocycles. The summed E-state index contributed by atoms with van der Waals surface area (Å²) < 4.78 is 2.15. The van der Waals surface area contributed by atoms with Crippen molar-refractivity contribution in [3.05, 3.63) is 61.2 Å². The molecule has 30 heavy (non-hydrogen) atoms. The lowest BCUT2D eigenvalue weighted by molar-refractivity contribution is 0.347. The predicted molar refractivity (Wildman–Crippen MR) is 125 cm³/mol. The fourth-order valence-corrected chi connectivity index (χ4v) is 4.26. The molecule has 1 unspecified atom stereocenters. The number of anilines is 1. The van der Waals surface area contributed by atoms with Gasteiger partial charge in [0.1, 0.15) is 22.9 Å². The summed E-state index contributed by atoms with van der Waals surface area (Å²) in [4.78, 5) is 15.3. The van der Waals surface area contributed by atoms with Gasteiger partial charge in [-0.1, -0.05) is 24.3 Å². The highest BCUT2D eigenvalue weighted by Crippen LogP contribution is 2.34. The molecule has 1 atom stereocenters. The first-order valence-electron chi connectivity index (χ1n) is 10.6. The van der Waals surface area contributed by atoms with Gasteiger partial charge in [-0.05, 0) is 58.5 Å². The Bertz CT molecular complexity index is 1120. The van der Waals surface area contributed by atoms with Gasteiger partial charge in [-0.2, -0.15) is 0 Å². The molecule has 1 aliphatic rings. The van der Waals surface area contributed by atoms with E-state index < -0.39 is 0 Å². The molecule has 0 amide bonds. The highest BCUT2D eigenvalue weighted by molar-refractivity contribution is 5.91. The number of nitrogen functional groups attached to an aromatic ring is 1. The van der Waals surface area contributed by atoms with Gasteiger partial charge in [-0.25, -0.2) is 9.97 Å². The largest absolute Gasteiger partial charge is 0.382 e. The number of H-pyrrole nitrogens is 1. The van der Waals surface area contributed by atoms with Crippen molar-refractivity contribution in [3.8, 4) is 11.4 Å². The average molecular weight is 403 g/mol. The summed E-state index contributed by atoms with van der Waals surface area (Å²) in [5.41, 5.74) is 10.2. The number of hydrogen-bond donors (Lipinski definition) is 2. The van der Waals surface area contributed by atoms with Crippen LogP contribution in [0.25, 0.3) is 27.8 Å². The molecule has 1 aromatic carbocycles. The molecule has 6 nitrogen and oxygen atoms in total. The van der Waals surface area contributed by atoms with Gasteiger partial charge >= 0.3 is 0 Å². The molecule has 156 valence electrons. The van der Waals surface area contributed by atoms with Crippen LogP contribution in [0.15, 0.2) is 55.4 Å². The SMILES string of the molecule is C=CC.CN1CCCC(c2nc(-c3cc4ccccc4[nH]3)c3c(N)nccn23)CC1. The number of rotatable bonds is 2. The number of hydrogen-bond acceptors (Lipinski definition) is 4. The van der Waals surface area contributed by atoms with E-state index in [1.54, 1.807) is 12.3 Å². The number of aromatic amines is 1. The van der Waals surface area contributed by atoms with Crippen LogP contribution in [0.2, 0.25) is 0 Å². The Hall–Kier alpha value is -3.12. The zero-order valence-corrected chi connectivity index (χ0v) is 17.8. The summed E-state index contributed by atoms with van der Waals surface area (Å²) in [6.45, 7) is 7.50. The Morgan fingerprint density at radius 3 is 2.83 bits per heavy atom. The summed E-state index contributed by atoms with van der Waals surface area (Å²) in [7, 11) is 2.20. The average Bonchev–Trinajstić information content (AvgIpc) is 3.27. The second-order valence-electron chi connectivity index (χ2n) is 7.96. The van der Waals surface area contributed by atoms with Gasteiger partial charge in [-0.3, -0.25) is 4.40 Å². The molecule has 3 aromatic heterocycles. The van der Waals surface area contributed by atoms with Gasteiger partial charge in [0.15, 0.2) is 0 Å². The third kappa shape index (κ3) is 3.83. The van der Waals surface area contributed by atoms with Crippen molar-refractivity contribution in [3.63, 3.8) is 0 Å². The Morgan fingerprint density at radius 1 is 1.23 bits per heavy atom. The molecule has 1 aliphatic heterocycles. The first-order valence-corrected chi connectivity index (χ1v) is 10.6. The topological polar surface area (TPSA) is 75.2 Å². The van der Waals surface area contributed by atoms with Crippen molar-refractivity contribution in [1.82, 2.24) is 24.3 Å². The fourth-order valence-electron chi connectivity index (χ4n) is 4.26. The van der Waals surface area contributed by atoms with E-state index in [-0.39, 0.29) is 0 Å². The molecule has 1 saturated heterocycles. The Balaban J connectivity index is 0.000000687. The highest BCUT2D eigenvalue weighted by Gasteiger charge is 2.24. The quantitative estimate of drug-likeness (QED) is 0.470. The molecule has 0 spiro atoms. The van der Waals surface area contributed by atoms with Crippen LogP contribution in [-0.2, 0) is 0 Å². The second-order valence-corrected chi connectivity index (χ2v) is 7.96. The minimum Gasteiger partial charge on any atom is -0.382 e. The first kappa shape index (κ1) is 20.2. The van der Waals surface area contributed by atoms with Crippen molar-refractivity contribution < 1.29 is 0 Å². The molecule has 4 aromatic rings. The van der Waals surface area contributed by atoms with Crippen LogP contribution in [0, 0.1) is 0 Å². The van der Waals surface area contributed by atoms with E-state index in [4.69, 9.17) is 10.7 Å². The second kappa shape index (κ2) is 8.71. The van der Waals surface area contributed by atoms with Gasteiger partial charge in [0.05, 0.1) is 5.69 Å². The van der Waals surface area contributed by atoms with E-state index in [1.807, 2.05) is 19.2 Å². The third-order valence-electron chi connectivity index (χ3n) is 5.71. The van der Waals surface area contributed by atoms with Crippen LogP contribution in [0.1, 0.15) is 37.9 Å². The fraction of sp³-hybridized carbons (Fsp3) is 0.333. The zero-order chi connectivity index (χ0) is 21.1. The molecule has 1 fully saturated rings. The standard InChI is InChI=1S/C21H24N6.C3H6/c1-26-10-4-6-14(8-11-26)21-25-18(19-20(22)23-9-12-27(19)21)17-13-15-5-2-3-7-16(15)24-17;1-3-2/h2-3,5,7,9,12-14,24H,4,6,8,10-11H2,1H3,(H2,22,23);3H,1H2,2H3. The molecule has 3 N–H and O–H groups in total. The maximum Gasteiger partial charge on any atom is 0.150 e. The van der Waals surface area contributed by atoms with Crippen molar-refractivity contribution in [2.75, 3.05) is 25.9 Å². The Morgan fingerprint density at radius 2 is 2.03 bits per heavy atom. The van der Waals surface area contributed by atoms with Crippen LogP contribution >= 0.6 is 0 Å². The number of nitrogens with zero attached hydrogens (tertiary/aromatic N) is 4. The number of benzene rings is 1. The normalized spacial score (nSPS) is 17.5. The molecule has 0 bridgehead atoms. The third-order valence-corrected chi connectivity index (χ3v) is 5.71. The van der Waals surface area contributed by atoms with Crippen LogP contribution in [0.4, 0.5) is 5.82 Å². The summed E-state index contributed by atoms with van der Waals surface area (Å²) in [6, 6.07) is 10.4. The summed E-state index contributed by atoms with van der Waals surface area (Å²) in [5.74, 6) is 2.06. The minimum absolute atomic E-state index is 0.433.